The molecule has 0 amide bonds. The van der Waals surface area contributed by atoms with E-state index < -0.39 is 0 Å². The van der Waals surface area contributed by atoms with Crippen molar-refractivity contribution in [3.63, 3.8) is 0 Å². The highest BCUT2D eigenvalue weighted by molar-refractivity contribution is 7.80. The van der Waals surface area contributed by atoms with Gasteiger partial charge >= 0.3 is 0 Å². The van der Waals surface area contributed by atoms with Gasteiger partial charge in [0.25, 0.3) is 0 Å². The second kappa shape index (κ2) is 7.35. The van der Waals surface area contributed by atoms with Crippen LogP contribution in [0.25, 0.3) is 22.3 Å². The number of likely N-dealkylation sites (N-methyl/N-ethyl adjacent to an activating group) is 1. The lowest BCUT2D eigenvalue weighted by atomic mass is 9.89. The van der Waals surface area contributed by atoms with E-state index >= 15 is 0 Å². The third kappa shape index (κ3) is 3.05. The first-order chi connectivity index (χ1) is 13.4. The minimum Gasteiger partial charge on any atom is -0.507 e. The number of phenolic OH excluding ortho intramolecular Hbond substituents is 2. The van der Waals surface area contributed by atoms with E-state index in [0.717, 1.165) is 13.0 Å². The molecule has 0 aliphatic carbocycles. The SMILES string of the molecule is CN1CCC(c2c(O)cc(O)c3c(=O)cc(-c4ccccc4Cl)oc23)[C@H]1CS. The van der Waals surface area contributed by atoms with Gasteiger partial charge in [0.05, 0.1) is 5.02 Å². The fraction of sp³-hybridized carbons (Fsp3) is 0.286. The molecule has 2 N–H and O–H groups in total. The molecule has 2 heterocycles. The summed E-state index contributed by atoms with van der Waals surface area (Å²) in [6, 6.07) is 9.68. The minimum atomic E-state index is -0.385. The first kappa shape index (κ1) is 19.2. The number of phenols is 2. The summed E-state index contributed by atoms with van der Waals surface area (Å²) in [6.07, 6.45) is 0.787. The first-order valence-corrected chi connectivity index (χ1v) is 10.0. The van der Waals surface area contributed by atoms with Crippen molar-refractivity contribution in [3.8, 4) is 22.8 Å². The summed E-state index contributed by atoms with van der Waals surface area (Å²) in [4.78, 5) is 15.0. The molecule has 1 fully saturated rings. The summed E-state index contributed by atoms with van der Waals surface area (Å²) in [5, 5.41) is 21.5. The van der Waals surface area contributed by atoms with Gasteiger partial charge in [0.15, 0.2) is 5.43 Å². The van der Waals surface area contributed by atoms with Crippen LogP contribution in [-0.4, -0.2) is 40.5 Å². The van der Waals surface area contributed by atoms with E-state index in [4.69, 9.17) is 16.0 Å². The molecule has 3 aromatic rings. The van der Waals surface area contributed by atoms with Gasteiger partial charge in [0.2, 0.25) is 0 Å². The van der Waals surface area contributed by atoms with Crippen molar-refractivity contribution in [2.75, 3.05) is 19.3 Å². The van der Waals surface area contributed by atoms with Gasteiger partial charge in [-0.15, -0.1) is 0 Å². The van der Waals surface area contributed by atoms with Crippen molar-refractivity contribution in [1.29, 1.82) is 0 Å². The van der Waals surface area contributed by atoms with E-state index in [1.54, 1.807) is 24.3 Å². The molecule has 1 aromatic heterocycles. The van der Waals surface area contributed by atoms with Gasteiger partial charge in [-0.1, -0.05) is 23.7 Å². The number of nitrogens with zero attached hydrogens (tertiary/aromatic N) is 1. The van der Waals surface area contributed by atoms with E-state index in [-0.39, 0.29) is 39.9 Å². The average Bonchev–Trinajstić information content (AvgIpc) is 3.01. The van der Waals surface area contributed by atoms with Crippen LogP contribution in [0.4, 0.5) is 0 Å². The number of aromatic hydroxyl groups is 2. The number of likely N-dealkylation sites (tertiary alicyclic amines) is 1. The molecule has 0 saturated carbocycles. The molecule has 0 radical (unpaired) electrons. The molecule has 2 atom stereocenters. The Bertz CT molecular complexity index is 1110. The highest BCUT2D eigenvalue weighted by Gasteiger charge is 2.36. The van der Waals surface area contributed by atoms with Crippen LogP contribution in [0.2, 0.25) is 5.02 Å². The largest absolute Gasteiger partial charge is 0.507 e. The lowest BCUT2D eigenvalue weighted by Gasteiger charge is -2.24. The molecule has 1 aliphatic heterocycles. The predicted molar refractivity (Wildman–Crippen MR) is 114 cm³/mol. The van der Waals surface area contributed by atoms with Crippen LogP contribution in [0.1, 0.15) is 17.9 Å². The number of benzene rings is 2. The predicted octanol–water partition coefficient (Wildman–Crippen LogP) is 4.24. The molecule has 5 nitrogen and oxygen atoms in total. The molecule has 0 bridgehead atoms. The Morgan fingerprint density at radius 3 is 2.71 bits per heavy atom. The van der Waals surface area contributed by atoms with Gasteiger partial charge in [0.1, 0.15) is 28.2 Å². The maximum absolute atomic E-state index is 12.8. The maximum Gasteiger partial charge on any atom is 0.197 e. The highest BCUT2D eigenvalue weighted by atomic mass is 35.5. The second-order valence-corrected chi connectivity index (χ2v) is 7.89. The summed E-state index contributed by atoms with van der Waals surface area (Å²) in [7, 11) is 2.01. The average molecular weight is 418 g/mol. The van der Waals surface area contributed by atoms with E-state index in [0.29, 0.717) is 27.7 Å². The van der Waals surface area contributed by atoms with E-state index in [1.807, 2.05) is 7.05 Å². The second-order valence-electron chi connectivity index (χ2n) is 7.11. The zero-order valence-corrected chi connectivity index (χ0v) is 16.9. The normalized spacial score (nSPS) is 20.1. The zero-order chi connectivity index (χ0) is 20.0. The van der Waals surface area contributed by atoms with Crippen LogP contribution >= 0.6 is 24.2 Å². The Hall–Kier alpha value is -2.15. The summed E-state index contributed by atoms with van der Waals surface area (Å²) in [6.45, 7) is 0.839. The lowest BCUT2D eigenvalue weighted by Crippen LogP contribution is -2.30. The molecule has 4 rings (SSSR count). The van der Waals surface area contributed by atoms with Crippen molar-refractivity contribution >= 4 is 35.2 Å². The molecule has 28 heavy (non-hydrogen) atoms. The highest BCUT2D eigenvalue weighted by Crippen LogP contribution is 2.44. The Kier molecular flexibility index (Phi) is 5.04. The van der Waals surface area contributed by atoms with Gasteiger partial charge in [-0.25, -0.2) is 0 Å². The van der Waals surface area contributed by atoms with Crippen molar-refractivity contribution in [3.05, 3.63) is 57.2 Å². The van der Waals surface area contributed by atoms with Crippen LogP contribution in [-0.2, 0) is 0 Å². The van der Waals surface area contributed by atoms with E-state index in [9.17, 15) is 15.0 Å². The number of hydrogen-bond donors (Lipinski definition) is 3. The number of rotatable bonds is 3. The molecule has 1 saturated heterocycles. The molecule has 1 aliphatic rings. The van der Waals surface area contributed by atoms with Crippen LogP contribution in [0.3, 0.4) is 0 Å². The Balaban J connectivity index is 2.03. The Morgan fingerprint density at radius 1 is 1.25 bits per heavy atom. The zero-order valence-electron chi connectivity index (χ0n) is 15.2. The van der Waals surface area contributed by atoms with Gasteiger partial charge in [-0.3, -0.25) is 4.79 Å². The Morgan fingerprint density at radius 2 is 2.00 bits per heavy atom. The smallest absolute Gasteiger partial charge is 0.197 e. The quantitative estimate of drug-likeness (QED) is 0.556. The van der Waals surface area contributed by atoms with E-state index in [1.165, 1.54) is 12.1 Å². The summed E-state index contributed by atoms with van der Waals surface area (Å²) in [5.41, 5.74) is 0.920. The summed E-state index contributed by atoms with van der Waals surface area (Å²) < 4.78 is 6.09. The third-order valence-corrected chi connectivity index (χ3v) is 6.22. The van der Waals surface area contributed by atoms with Crippen LogP contribution in [0, 0.1) is 0 Å². The number of fused-ring (bicyclic) bond motifs is 1. The molecular weight excluding hydrogens is 398 g/mol. The maximum atomic E-state index is 12.8. The van der Waals surface area contributed by atoms with Gasteiger partial charge in [-0.05, 0) is 32.1 Å². The summed E-state index contributed by atoms with van der Waals surface area (Å²) in [5.74, 6) is 0.427. The molecule has 2 aromatic carbocycles. The molecular formula is C21H20ClNO4S. The number of hydrogen-bond acceptors (Lipinski definition) is 6. The van der Waals surface area contributed by atoms with Crippen molar-refractivity contribution in [1.82, 2.24) is 4.90 Å². The first-order valence-electron chi connectivity index (χ1n) is 9.01. The summed E-state index contributed by atoms with van der Waals surface area (Å²) >= 11 is 10.7. The van der Waals surface area contributed by atoms with Crippen molar-refractivity contribution < 1.29 is 14.6 Å². The molecule has 146 valence electrons. The van der Waals surface area contributed by atoms with Crippen LogP contribution in [0.5, 0.6) is 11.5 Å². The number of thiol groups is 1. The van der Waals surface area contributed by atoms with Crippen molar-refractivity contribution in [2.45, 2.75) is 18.4 Å². The fourth-order valence-corrected chi connectivity index (χ4v) is 4.85. The number of halogens is 1. The van der Waals surface area contributed by atoms with Crippen LogP contribution < -0.4 is 5.43 Å². The van der Waals surface area contributed by atoms with Gasteiger partial charge in [0, 0.05) is 41.0 Å². The van der Waals surface area contributed by atoms with Crippen molar-refractivity contribution in [2.24, 2.45) is 0 Å². The topological polar surface area (TPSA) is 73.9 Å². The minimum absolute atomic E-state index is 0.0658. The Labute approximate surface area is 172 Å². The third-order valence-electron chi connectivity index (χ3n) is 5.52. The molecule has 0 spiro atoms. The van der Waals surface area contributed by atoms with Gasteiger partial charge < -0.3 is 19.5 Å². The fourth-order valence-electron chi connectivity index (χ4n) is 4.09. The van der Waals surface area contributed by atoms with E-state index in [2.05, 4.69) is 17.5 Å². The monoisotopic (exact) mass is 417 g/mol. The van der Waals surface area contributed by atoms with Gasteiger partial charge in [-0.2, -0.15) is 12.6 Å². The van der Waals surface area contributed by atoms with Crippen LogP contribution in [0.15, 0.2) is 45.6 Å². The lowest BCUT2D eigenvalue weighted by molar-refractivity contribution is 0.320. The molecule has 7 heteroatoms. The molecule has 1 unspecified atom stereocenters. The standard InChI is InChI=1S/C21H20ClNO4S/c1-23-7-6-12(14(23)10-28)19-15(24)8-16(25)20-17(26)9-18(27-21(19)20)11-4-2-3-5-13(11)22/h2-5,8-9,12,14,24-25,28H,6-7,10H2,1H3/t12?,14-/m1/s1.